The van der Waals surface area contributed by atoms with Gasteiger partial charge in [-0.1, -0.05) is 60.7 Å². The van der Waals surface area contributed by atoms with Crippen molar-refractivity contribution in [2.45, 2.75) is 19.4 Å². The van der Waals surface area contributed by atoms with E-state index in [-0.39, 0.29) is 5.91 Å². The van der Waals surface area contributed by atoms with E-state index in [1.165, 1.54) is 18.4 Å². The largest absolute Gasteiger partial charge is 0.335 e. The highest BCUT2D eigenvalue weighted by Crippen LogP contribution is 2.30. The van der Waals surface area contributed by atoms with Gasteiger partial charge in [0.25, 0.3) is 0 Å². The molecule has 1 fully saturated rings. The Morgan fingerprint density at radius 2 is 1.64 bits per heavy atom. The molecule has 2 aromatic carbocycles. The SMILES string of the molecule is O=C(C=Cc1ccccc1)N(Cc1ccccc1)CC1CC1. The molecule has 22 heavy (non-hydrogen) atoms. The second-order valence-electron chi connectivity index (χ2n) is 5.89. The number of carbonyl (C=O) groups excluding carboxylic acids is 1. The van der Waals surface area contributed by atoms with Crippen LogP contribution in [-0.4, -0.2) is 17.4 Å². The fourth-order valence-electron chi connectivity index (χ4n) is 2.49. The van der Waals surface area contributed by atoms with Crippen molar-refractivity contribution in [1.82, 2.24) is 4.90 Å². The highest BCUT2D eigenvalue weighted by Gasteiger charge is 2.26. The quantitative estimate of drug-likeness (QED) is 0.733. The van der Waals surface area contributed by atoms with Crippen molar-refractivity contribution in [1.29, 1.82) is 0 Å². The van der Waals surface area contributed by atoms with Crippen molar-refractivity contribution < 1.29 is 4.79 Å². The molecule has 3 rings (SSSR count). The molecule has 0 bridgehead atoms. The van der Waals surface area contributed by atoms with E-state index in [9.17, 15) is 4.79 Å². The standard InChI is InChI=1S/C20H21NO/c22-20(14-13-17-7-3-1-4-8-17)21(16-19-11-12-19)15-18-9-5-2-6-10-18/h1-10,13-14,19H,11-12,15-16H2. The number of amides is 1. The summed E-state index contributed by atoms with van der Waals surface area (Å²) in [5, 5.41) is 0. The van der Waals surface area contributed by atoms with Crippen LogP contribution in [0.4, 0.5) is 0 Å². The molecule has 2 heteroatoms. The van der Waals surface area contributed by atoms with Gasteiger partial charge in [-0.05, 0) is 36.0 Å². The lowest BCUT2D eigenvalue weighted by Gasteiger charge is -2.21. The summed E-state index contributed by atoms with van der Waals surface area (Å²) in [6, 6.07) is 20.2. The molecule has 0 aromatic heterocycles. The van der Waals surface area contributed by atoms with Crippen LogP contribution in [0.1, 0.15) is 24.0 Å². The van der Waals surface area contributed by atoms with Crippen molar-refractivity contribution in [3.8, 4) is 0 Å². The first-order chi connectivity index (χ1) is 10.8. The minimum absolute atomic E-state index is 0.0969. The lowest BCUT2D eigenvalue weighted by molar-refractivity contribution is -0.126. The molecule has 0 atom stereocenters. The Balaban J connectivity index is 1.68. The van der Waals surface area contributed by atoms with Gasteiger partial charge in [0.15, 0.2) is 0 Å². The Labute approximate surface area is 132 Å². The Bertz CT molecular complexity index is 629. The third-order valence-corrected chi connectivity index (χ3v) is 3.92. The van der Waals surface area contributed by atoms with Gasteiger partial charge in [0.1, 0.15) is 0 Å². The van der Waals surface area contributed by atoms with Crippen LogP contribution in [0.25, 0.3) is 6.08 Å². The number of hydrogen-bond acceptors (Lipinski definition) is 1. The van der Waals surface area contributed by atoms with Crippen LogP contribution in [0.5, 0.6) is 0 Å². The van der Waals surface area contributed by atoms with Crippen LogP contribution in [0, 0.1) is 5.92 Å². The predicted molar refractivity (Wildman–Crippen MR) is 90.1 cm³/mol. The zero-order valence-corrected chi connectivity index (χ0v) is 12.7. The summed E-state index contributed by atoms with van der Waals surface area (Å²) in [6.07, 6.45) is 6.09. The zero-order valence-electron chi connectivity index (χ0n) is 12.7. The van der Waals surface area contributed by atoms with Gasteiger partial charge >= 0.3 is 0 Å². The molecule has 0 saturated heterocycles. The lowest BCUT2D eigenvalue weighted by Crippen LogP contribution is -2.31. The molecule has 1 amide bonds. The molecule has 0 N–H and O–H groups in total. The molecule has 112 valence electrons. The molecule has 1 aliphatic rings. The molecule has 0 radical (unpaired) electrons. The number of nitrogens with zero attached hydrogens (tertiary/aromatic N) is 1. The number of carbonyl (C=O) groups is 1. The van der Waals surface area contributed by atoms with Crippen molar-refractivity contribution in [3.63, 3.8) is 0 Å². The van der Waals surface area contributed by atoms with Crippen LogP contribution >= 0.6 is 0 Å². The van der Waals surface area contributed by atoms with Crippen LogP contribution in [0.2, 0.25) is 0 Å². The molecule has 2 nitrogen and oxygen atoms in total. The molecular formula is C20H21NO. The van der Waals surface area contributed by atoms with Gasteiger partial charge in [-0.25, -0.2) is 0 Å². The van der Waals surface area contributed by atoms with Crippen molar-refractivity contribution in [2.24, 2.45) is 5.92 Å². The van der Waals surface area contributed by atoms with Gasteiger partial charge in [0.05, 0.1) is 0 Å². The molecule has 0 unspecified atom stereocenters. The number of hydrogen-bond donors (Lipinski definition) is 0. The smallest absolute Gasteiger partial charge is 0.246 e. The summed E-state index contributed by atoms with van der Waals surface area (Å²) < 4.78 is 0. The van der Waals surface area contributed by atoms with E-state index in [0.29, 0.717) is 12.5 Å². The maximum Gasteiger partial charge on any atom is 0.246 e. The normalized spacial score (nSPS) is 14.2. The lowest BCUT2D eigenvalue weighted by atomic mass is 10.2. The van der Waals surface area contributed by atoms with Crippen molar-refractivity contribution in [2.75, 3.05) is 6.54 Å². The van der Waals surface area contributed by atoms with E-state index < -0.39 is 0 Å². The van der Waals surface area contributed by atoms with Crippen LogP contribution in [0.3, 0.4) is 0 Å². The molecule has 0 spiro atoms. The first-order valence-corrected chi connectivity index (χ1v) is 7.87. The topological polar surface area (TPSA) is 20.3 Å². The summed E-state index contributed by atoms with van der Waals surface area (Å²) in [5.74, 6) is 0.789. The second-order valence-corrected chi connectivity index (χ2v) is 5.89. The monoisotopic (exact) mass is 291 g/mol. The summed E-state index contributed by atoms with van der Waals surface area (Å²) in [5.41, 5.74) is 2.24. The molecule has 1 aliphatic carbocycles. The maximum atomic E-state index is 12.5. The summed E-state index contributed by atoms with van der Waals surface area (Å²) >= 11 is 0. The van der Waals surface area contributed by atoms with Crippen LogP contribution in [0.15, 0.2) is 66.7 Å². The highest BCUT2D eigenvalue weighted by molar-refractivity contribution is 5.91. The van der Waals surface area contributed by atoms with Crippen molar-refractivity contribution in [3.05, 3.63) is 77.9 Å². The third kappa shape index (κ3) is 4.32. The van der Waals surface area contributed by atoms with E-state index in [2.05, 4.69) is 12.1 Å². The highest BCUT2D eigenvalue weighted by atomic mass is 16.2. The van der Waals surface area contributed by atoms with E-state index >= 15 is 0 Å². The third-order valence-electron chi connectivity index (χ3n) is 3.92. The predicted octanol–water partition coefficient (Wildman–Crippen LogP) is 4.14. The van der Waals surface area contributed by atoms with Gasteiger partial charge in [0, 0.05) is 19.2 Å². The van der Waals surface area contributed by atoms with Crippen LogP contribution < -0.4 is 0 Å². The zero-order chi connectivity index (χ0) is 15.2. The summed E-state index contributed by atoms with van der Waals surface area (Å²) in [7, 11) is 0. The number of rotatable bonds is 6. The minimum Gasteiger partial charge on any atom is -0.335 e. The van der Waals surface area contributed by atoms with Gasteiger partial charge in [-0.2, -0.15) is 0 Å². The fourth-order valence-corrected chi connectivity index (χ4v) is 2.49. The van der Waals surface area contributed by atoms with E-state index in [1.807, 2.05) is 59.5 Å². The molecular weight excluding hydrogens is 270 g/mol. The fraction of sp³-hybridized carbons (Fsp3) is 0.250. The second kappa shape index (κ2) is 7.08. The number of benzene rings is 2. The van der Waals surface area contributed by atoms with Gasteiger partial charge in [-0.3, -0.25) is 4.79 Å². The van der Waals surface area contributed by atoms with Gasteiger partial charge in [0.2, 0.25) is 5.91 Å². The van der Waals surface area contributed by atoms with Gasteiger partial charge < -0.3 is 4.90 Å². The summed E-state index contributed by atoms with van der Waals surface area (Å²) in [6.45, 7) is 1.56. The maximum absolute atomic E-state index is 12.5. The Kier molecular flexibility index (Phi) is 4.69. The van der Waals surface area contributed by atoms with E-state index in [0.717, 1.165) is 12.1 Å². The Morgan fingerprint density at radius 3 is 2.27 bits per heavy atom. The Morgan fingerprint density at radius 1 is 1.00 bits per heavy atom. The minimum atomic E-state index is 0.0969. The first kappa shape index (κ1) is 14.6. The molecule has 2 aromatic rings. The molecule has 0 aliphatic heterocycles. The average molecular weight is 291 g/mol. The molecule has 1 saturated carbocycles. The first-order valence-electron chi connectivity index (χ1n) is 7.87. The average Bonchev–Trinajstić information content (AvgIpc) is 3.38. The van der Waals surface area contributed by atoms with E-state index in [4.69, 9.17) is 0 Å². The molecule has 0 heterocycles. The Hall–Kier alpha value is -2.35. The van der Waals surface area contributed by atoms with Crippen LogP contribution in [-0.2, 0) is 11.3 Å². The van der Waals surface area contributed by atoms with Crippen molar-refractivity contribution >= 4 is 12.0 Å². The van der Waals surface area contributed by atoms with E-state index in [1.54, 1.807) is 6.08 Å². The van der Waals surface area contributed by atoms with Gasteiger partial charge in [-0.15, -0.1) is 0 Å². The summed E-state index contributed by atoms with van der Waals surface area (Å²) in [4.78, 5) is 14.5.